The quantitative estimate of drug-likeness (QED) is 0.639. The number of rotatable bonds is 4. The Balaban J connectivity index is 1.69. The Kier molecular flexibility index (Phi) is 5.06. The number of nitrogens with one attached hydrogen (secondary N) is 2. The standard InChI is InChI=1S/C19H18ClN3O3/c1-11-3-8-16(12(2)9-11)23-17(24)10-15(19(23)26)21-22-18(25)13-4-6-14(20)7-5-13/h3-9,15,21H,10H2,1-2H3,(H,22,25). The van der Waals surface area contributed by atoms with Crippen molar-refractivity contribution < 1.29 is 14.4 Å². The van der Waals surface area contributed by atoms with Crippen LogP contribution in [0.4, 0.5) is 5.69 Å². The topological polar surface area (TPSA) is 78.5 Å². The van der Waals surface area contributed by atoms with Gasteiger partial charge < -0.3 is 0 Å². The van der Waals surface area contributed by atoms with Gasteiger partial charge in [0, 0.05) is 10.6 Å². The number of anilines is 1. The summed E-state index contributed by atoms with van der Waals surface area (Å²) in [6.45, 7) is 3.80. The van der Waals surface area contributed by atoms with Crippen LogP contribution in [0.1, 0.15) is 27.9 Å². The number of carbonyl (C=O) groups excluding carboxylic acids is 3. The largest absolute Gasteiger partial charge is 0.287 e. The number of nitrogens with zero attached hydrogens (tertiary/aromatic N) is 1. The summed E-state index contributed by atoms with van der Waals surface area (Å²) in [6.07, 6.45) is -0.0208. The predicted molar refractivity (Wildman–Crippen MR) is 98.9 cm³/mol. The molecule has 2 aromatic rings. The van der Waals surface area contributed by atoms with Gasteiger partial charge in [-0.3, -0.25) is 19.8 Å². The van der Waals surface area contributed by atoms with Gasteiger partial charge in [0.05, 0.1) is 12.1 Å². The molecule has 0 aliphatic carbocycles. The third kappa shape index (κ3) is 3.61. The fourth-order valence-electron chi connectivity index (χ4n) is 2.88. The van der Waals surface area contributed by atoms with Crippen LogP contribution in [0.5, 0.6) is 0 Å². The summed E-state index contributed by atoms with van der Waals surface area (Å²) in [4.78, 5) is 38.2. The molecular formula is C19H18ClN3O3. The third-order valence-electron chi connectivity index (χ3n) is 4.21. The number of hydrazine groups is 1. The number of benzene rings is 2. The number of hydrogen-bond acceptors (Lipinski definition) is 4. The van der Waals surface area contributed by atoms with Crippen LogP contribution in [-0.4, -0.2) is 23.8 Å². The molecule has 26 heavy (non-hydrogen) atoms. The lowest BCUT2D eigenvalue weighted by atomic mass is 10.1. The normalized spacial score (nSPS) is 16.9. The Morgan fingerprint density at radius 1 is 1.12 bits per heavy atom. The molecule has 1 aliphatic heterocycles. The molecule has 0 spiro atoms. The minimum Gasteiger partial charge on any atom is -0.287 e. The van der Waals surface area contributed by atoms with Gasteiger partial charge in [-0.1, -0.05) is 29.3 Å². The second-order valence-corrected chi connectivity index (χ2v) is 6.66. The second kappa shape index (κ2) is 7.27. The van der Waals surface area contributed by atoms with Crippen LogP contribution in [0.3, 0.4) is 0 Å². The first-order valence-electron chi connectivity index (χ1n) is 8.12. The summed E-state index contributed by atoms with van der Waals surface area (Å²) in [5.41, 5.74) is 7.99. The molecule has 1 unspecified atom stereocenters. The second-order valence-electron chi connectivity index (χ2n) is 6.22. The lowest BCUT2D eigenvalue weighted by Gasteiger charge is -2.18. The molecular weight excluding hydrogens is 354 g/mol. The molecule has 1 saturated heterocycles. The highest BCUT2D eigenvalue weighted by Gasteiger charge is 2.40. The van der Waals surface area contributed by atoms with Gasteiger partial charge in [-0.15, -0.1) is 0 Å². The van der Waals surface area contributed by atoms with E-state index in [0.717, 1.165) is 11.1 Å². The van der Waals surface area contributed by atoms with Crippen LogP contribution >= 0.6 is 11.6 Å². The first-order chi connectivity index (χ1) is 12.4. The van der Waals surface area contributed by atoms with Gasteiger partial charge in [-0.05, 0) is 49.7 Å². The van der Waals surface area contributed by atoms with E-state index in [0.29, 0.717) is 16.3 Å². The molecule has 7 heteroatoms. The van der Waals surface area contributed by atoms with Crippen LogP contribution in [0.15, 0.2) is 42.5 Å². The van der Waals surface area contributed by atoms with E-state index in [-0.39, 0.29) is 12.3 Å². The van der Waals surface area contributed by atoms with Crippen LogP contribution in [0, 0.1) is 13.8 Å². The lowest BCUT2D eigenvalue weighted by Crippen LogP contribution is -2.48. The van der Waals surface area contributed by atoms with Gasteiger partial charge in [-0.25, -0.2) is 10.3 Å². The van der Waals surface area contributed by atoms with E-state index in [2.05, 4.69) is 10.9 Å². The van der Waals surface area contributed by atoms with E-state index in [4.69, 9.17) is 11.6 Å². The zero-order chi connectivity index (χ0) is 18.8. The smallest absolute Gasteiger partial charge is 0.265 e. The number of amides is 3. The van der Waals surface area contributed by atoms with Gasteiger partial charge in [0.1, 0.15) is 6.04 Å². The number of imide groups is 1. The van der Waals surface area contributed by atoms with Crippen LogP contribution in [0.25, 0.3) is 0 Å². The molecule has 1 fully saturated rings. The Morgan fingerprint density at radius 3 is 2.46 bits per heavy atom. The van der Waals surface area contributed by atoms with Gasteiger partial charge in [0.2, 0.25) is 5.91 Å². The monoisotopic (exact) mass is 371 g/mol. The third-order valence-corrected chi connectivity index (χ3v) is 4.46. The molecule has 0 saturated carbocycles. The van der Waals surface area contributed by atoms with Crippen molar-refractivity contribution in [2.24, 2.45) is 0 Å². The van der Waals surface area contributed by atoms with E-state index in [9.17, 15) is 14.4 Å². The molecule has 3 rings (SSSR count). The highest BCUT2D eigenvalue weighted by Crippen LogP contribution is 2.26. The van der Waals surface area contributed by atoms with Crippen molar-refractivity contribution in [2.45, 2.75) is 26.3 Å². The molecule has 1 heterocycles. The van der Waals surface area contributed by atoms with E-state index in [1.165, 1.54) is 4.90 Å². The van der Waals surface area contributed by atoms with Crippen molar-refractivity contribution in [3.8, 4) is 0 Å². The summed E-state index contributed by atoms with van der Waals surface area (Å²) in [5.74, 6) is -1.11. The molecule has 134 valence electrons. The van der Waals surface area contributed by atoms with Gasteiger partial charge >= 0.3 is 0 Å². The number of aryl methyl sites for hydroxylation is 2. The molecule has 3 amide bonds. The average molecular weight is 372 g/mol. The van der Waals surface area contributed by atoms with Crippen molar-refractivity contribution in [1.82, 2.24) is 10.9 Å². The van der Waals surface area contributed by atoms with Crippen LogP contribution < -0.4 is 15.8 Å². The van der Waals surface area contributed by atoms with Crippen molar-refractivity contribution >= 4 is 35.0 Å². The summed E-state index contributed by atoms with van der Waals surface area (Å²) in [6, 6.07) is 11.1. The van der Waals surface area contributed by atoms with E-state index >= 15 is 0 Å². The number of hydrogen-bond donors (Lipinski definition) is 2. The molecule has 1 atom stereocenters. The highest BCUT2D eigenvalue weighted by atomic mass is 35.5. The maximum atomic E-state index is 12.6. The summed E-state index contributed by atoms with van der Waals surface area (Å²) >= 11 is 5.79. The Morgan fingerprint density at radius 2 is 1.81 bits per heavy atom. The number of carbonyl (C=O) groups is 3. The fourth-order valence-corrected chi connectivity index (χ4v) is 3.01. The van der Waals surface area contributed by atoms with Crippen molar-refractivity contribution in [2.75, 3.05) is 4.90 Å². The number of halogens is 1. The molecule has 2 N–H and O–H groups in total. The molecule has 2 aromatic carbocycles. The first-order valence-corrected chi connectivity index (χ1v) is 8.50. The zero-order valence-electron chi connectivity index (χ0n) is 14.4. The van der Waals surface area contributed by atoms with Gasteiger partial charge in [-0.2, -0.15) is 0 Å². The van der Waals surface area contributed by atoms with Crippen molar-refractivity contribution in [3.05, 3.63) is 64.2 Å². The lowest BCUT2D eigenvalue weighted by molar-refractivity contribution is -0.121. The van der Waals surface area contributed by atoms with E-state index in [1.54, 1.807) is 30.3 Å². The average Bonchev–Trinajstić information content (AvgIpc) is 2.88. The fraction of sp³-hybridized carbons (Fsp3) is 0.211. The van der Waals surface area contributed by atoms with Gasteiger partial charge in [0.15, 0.2) is 0 Å². The molecule has 0 radical (unpaired) electrons. The molecule has 6 nitrogen and oxygen atoms in total. The Hall–Kier alpha value is -2.70. The minimum absolute atomic E-state index is 0.0208. The van der Waals surface area contributed by atoms with E-state index in [1.807, 2.05) is 26.0 Å². The van der Waals surface area contributed by atoms with Crippen molar-refractivity contribution in [3.63, 3.8) is 0 Å². The summed E-state index contributed by atoms with van der Waals surface area (Å²) in [7, 11) is 0. The van der Waals surface area contributed by atoms with Crippen LogP contribution in [0.2, 0.25) is 5.02 Å². The molecule has 1 aliphatic rings. The Bertz CT molecular complexity index is 880. The molecule has 0 aromatic heterocycles. The minimum atomic E-state index is -0.806. The van der Waals surface area contributed by atoms with E-state index < -0.39 is 17.9 Å². The Labute approximate surface area is 156 Å². The van der Waals surface area contributed by atoms with Crippen molar-refractivity contribution in [1.29, 1.82) is 0 Å². The predicted octanol–water partition coefficient (Wildman–Crippen LogP) is 2.52. The zero-order valence-corrected chi connectivity index (χ0v) is 15.1. The summed E-state index contributed by atoms with van der Waals surface area (Å²) < 4.78 is 0. The first kappa shape index (κ1) is 18.1. The van der Waals surface area contributed by atoms with Gasteiger partial charge in [0.25, 0.3) is 11.8 Å². The highest BCUT2D eigenvalue weighted by molar-refractivity contribution is 6.30. The maximum Gasteiger partial charge on any atom is 0.265 e. The summed E-state index contributed by atoms with van der Waals surface area (Å²) in [5, 5.41) is 0.523. The van der Waals surface area contributed by atoms with Crippen LogP contribution in [-0.2, 0) is 9.59 Å². The SMILES string of the molecule is Cc1ccc(N2C(=O)CC(NNC(=O)c3ccc(Cl)cc3)C2=O)c(C)c1. The molecule has 0 bridgehead atoms. The maximum absolute atomic E-state index is 12.6.